The van der Waals surface area contributed by atoms with E-state index in [9.17, 15) is 9.59 Å². The number of hydrogen-bond donors (Lipinski definition) is 0. The first-order chi connectivity index (χ1) is 9.70. The largest absolute Gasteiger partial charge is 0.497 e. The first kappa shape index (κ1) is 12.4. The van der Waals surface area contributed by atoms with Crippen LogP contribution in [0.2, 0.25) is 0 Å². The third-order valence-corrected chi connectivity index (χ3v) is 3.29. The highest BCUT2D eigenvalue weighted by Crippen LogP contribution is 2.31. The molecular weight excluding hydrogens is 258 g/mol. The second-order valence-electron chi connectivity index (χ2n) is 4.44. The SMILES string of the molecule is COc1ccc2c(c1)C(=O)C(=O)N2CCn1cccn1. The van der Waals surface area contributed by atoms with Crippen molar-refractivity contribution in [2.75, 3.05) is 18.6 Å². The van der Waals surface area contributed by atoms with Gasteiger partial charge in [-0.2, -0.15) is 5.10 Å². The molecule has 2 heterocycles. The van der Waals surface area contributed by atoms with Crippen molar-refractivity contribution in [3.05, 3.63) is 42.2 Å². The number of rotatable bonds is 4. The van der Waals surface area contributed by atoms with Gasteiger partial charge in [-0.25, -0.2) is 0 Å². The molecule has 1 amide bonds. The minimum absolute atomic E-state index is 0.398. The lowest BCUT2D eigenvalue weighted by molar-refractivity contribution is -0.114. The number of nitrogens with zero attached hydrogens (tertiary/aromatic N) is 3. The Morgan fingerprint density at radius 1 is 1.25 bits per heavy atom. The predicted molar refractivity (Wildman–Crippen MR) is 71.9 cm³/mol. The number of carbonyl (C=O) groups excluding carboxylic acids is 2. The topological polar surface area (TPSA) is 64.4 Å². The molecule has 1 aromatic carbocycles. The molecule has 6 heteroatoms. The Kier molecular flexibility index (Phi) is 2.98. The Hall–Kier alpha value is -2.63. The van der Waals surface area contributed by atoms with Gasteiger partial charge in [-0.3, -0.25) is 14.3 Å². The maximum absolute atomic E-state index is 12.0. The van der Waals surface area contributed by atoms with Crippen LogP contribution in [0.4, 0.5) is 5.69 Å². The first-order valence-corrected chi connectivity index (χ1v) is 6.22. The summed E-state index contributed by atoms with van der Waals surface area (Å²) in [6, 6.07) is 6.89. The van der Waals surface area contributed by atoms with E-state index in [1.54, 1.807) is 29.1 Å². The fourth-order valence-corrected chi connectivity index (χ4v) is 2.26. The highest BCUT2D eigenvalue weighted by Gasteiger charge is 2.35. The van der Waals surface area contributed by atoms with Crippen molar-refractivity contribution in [2.45, 2.75) is 6.54 Å². The molecule has 0 fully saturated rings. The van der Waals surface area contributed by atoms with Crippen LogP contribution < -0.4 is 9.64 Å². The van der Waals surface area contributed by atoms with Crippen LogP contribution in [0.5, 0.6) is 5.75 Å². The normalized spacial score (nSPS) is 13.8. The van der Waals surface area contributed by atoms with Gasteiger partial charge in [-0.1, -0.05) is 0 Å². The molecule has 0 saturated carbocycles. The van der Waals surface area contributed by atoms with E-state index >= 15 is 0 Å². The lowest BCUT2D eigenvalue weighted by Gasteiger charge is -2.16. The van der Waals surface area contributed by atoms with Crippen LogP contribution in [0, 0.1) is 0 Å². The maximum atomic E-state index is 12.0. The predicted octanol–water partition coefficient (Wildman–Crippen LogP) is 1.12. The molecule has 6 nitrogen and oxygen atoms in total. The van der Waals surface area contributed by atoms with E-state index in [0.717, 1.165) is 0 Å². The van der Waals surface area contributed by atoms with Crippen molar-refractivity contribution < 1.29 is 14.3 Å². The molecule has 1 aromatic heterocycles. The first-order valence-electron chi connectivity index (χ1n) is 6.22. The molecule has 1 aliphatic heterocycles. The van der Waals surface area contributed by atoms with Gasteiger partial charge in [0.1, 0.15) is 5.75 Å². The van der Waals surface area contributed by atoms with Crippen LogP contribution in [-0.2, 0) is 11.3 Å². The zero-order valence-electron chi connectivity index (χ0n) is 10.9. The Labute approximate surface area is 115 Å². The summed E-state index contributed by atoms with van der Waals surface area (Å²) in [4.78, 5) is 25.5. The van der Waals surface area contributed by atoms with Crippen LogP contribution in [-0.4, -0.2) is 35.1 Å². The zero-order valence-corrected chi connectivity index (χ0v) is 10.9. The summed E-state index contributed by atoms with van der Waals surface area (Å²) in [7, 11) is 1.53. The number of methoxy groups -OCH3 is 1. The number of Topliss-reactive ketones (excluding diaryl/α,β-unsaturated/α-hetero) is 1. The average molecular weight is 271 g/mol. The van der Waals surface area contributed by atoms with E-state index < -0.39 is 11.7 Å². The second-order valence-corrected chi connectivity index (χ2v) is 4.44. The van der Waals surface area contributed by atoms with Crippen molar-refractivity contribution in [1.82, 2.24) is 9.78 Å². The van der Waals surface area contributed by atoms with E-state index in [-0.39, 0.29) is 0 Å². The Morgan fingerprint density at radius 3 is 2.80 bits per heavy atom. The van der Waals surface area contributed by atoms with Crippen molar-refractivity contribution in [3.63, 3.8) is 0 Å². The smallest absolute Gasteiger partial charge is 0.299 e. The van der Waals surface area contributed by atoms with E-state index in [0.29, 0.717) is 30.1 Å². The van der Waals surface area contributed by atoms with Crippen molar-refractivity contribution in [2.24, 2.45) is 0 Å². The van der Waals surface area contributed by atoms with Gasteiger partial charge in [0, 0.05) is 18.9 Å². The monoisotopic (exact) mass is 271 g/mol. The van der Waals surface area contributed by atoms with Crippen molar-refractivity contribution in [3.8, 4) is 5.75 Å². The van der Waals surface area contributed by atoms with Crippen LogP contribution >= 0.6 is 0 Å². The molecule has 20 heavy (non-hydrogen) atoms. The van der Waals surface area contributed by atoms with Gasteiger partial charge in [-0.05, 0) is 24.3 Å². The average Bonchev–Trinajstić information content (AvgIpc) is 3.06. The molecule has 3 rings (SSSR count). The minimum atomic E-state index is -0.500. The molecular formula is C14H13N3O3. The third kappa shape index (κ3) is 1.95. The van der Waals surface area contributed by atoms with E-state index in [1.165, 1.54) is 12.0 Å². The molecule has 1 aliphatic rings. The third-order valence-electron chi connectivity index (χ3n) is 3.29. The maximum Gasteiger partial charge on any atom is 0.299 e. The highest BCUT2D eigenvalue weighted by atomic mass is 16.5. The molecule has 2 aromatic rings. The Balaban J connectivity index is 1.86. The van der Waals surface area contributed by atoms with Gasteiger partial charge in [0.05, 0.1) is 24.9 Å². The molecule has 0 atom stereocenters. The number of carbonyl (C=O) groups is 2. The Morgan fingerprint density at radius 2 is 2.10 bits per heavy atom. The quantitative estimate of drug-likeness (QED) is 0.782. The standard InChI is InChI=1S/C14H13N3O3/c1-20-10-3-4-12-11(9-10)13(18)14(19)17(12)8-7-16-6-2-5-15-16/h2-6,9H,7-8H2,1H3. The molecule has 0 radical (unpaired) electrons. The highest BCUT2D eigenvalue weighted by molar-refractivity contribution is 6.52. The van der Waals surface area contributed by atoms with Gasteiger partial charge in [0.25, 0.3) is 11.7 Å². The van der Waals surface area contributed by atoms with E-state index in [2.05, 4.69) is 5.10 Å². The van der Waals surface area contributed by atoms with Crippen LogP contribution in [0.3, 0.4) is 0 Å². The summed E-state index contributed by atoms with van der Waals surface area (Å²) >= 11 is 0. The molecule has 0 spiro atoms. The molecule has 102 valence electrons. The Bertz CT molecular complexity index is 664. The molecule has 0 bridgehead atoms. The lowest BCUT2D eigenvalue weighted by atomic mass is 10.1. The number of ether oxygens (including phenoxy) is 1. The fourth-order valence-electron chi connectivity index (χ4n) is 2.26. The number of fused-ring (bicyclic) bond motifs is 1. The van der Waals surface area contributed by atoms with Crippen LogP contribution in [0.25, 0.3) is 0 Å². The molecule has 0 unspecified atom stereocenters. The molecule has 0 aliphatic carbocycles. The van der Waals surface area contributed by atoms with Crippen LogP contribution in [0.15, 0.2) is 36.7 Å². The van der Waals surface area contributed by atoms with Gasteiger partial charge in [-0.15, -0.1) is 0 Å². The van der Waals surface area contributed by atoms with Gasteiger partial charge in [0.15, 0.2) is 0 Å². The summed E-state index contributed by atoms with van der Waals surface area (Å²) < 4.78 is 6.80. The van der Waals surface area contributed by atoms with Gasteiger partial charge >= 0.3 is 0 Å². The number of benzene rings is 1. The summed E-state index contributed by atoms with van der Waals surface area (Å²) in [5.41, 5.74) is 1.03. The van der Waals surface area contributed by atoms with E-state index in [1.807, 2.05) is 12.3 Å². The van der Waals surface area contributed by atoms with Gasteiger partial charge < -0.3 is 9.64 Å². The summed E-state index contributed by atoms with van der Waals surface area (Å²) in [6.07, 6.45) is 3.49. The number of hydrogen-bond acceptors (Lipinski definition) is 4. The molecule has 0 saturated heterocycles. The number of amides is 1. The number of ketones is 1. The number of aromatic nitrogens is 2. The van der Waals surface area contributed by atoms with Crippen molar-refractivity contribution in [1.29, 1.82) is 0 Å². The molecule has 0 N–H and O–H groups in total. The summed E-state index contributed by atoms with van der Waals surface area (Å²) in [5.74, 6) is -0.418. The summed E-state index contributed by atoms with van der Waals surface area (Å²) in [6.45, 7) is 0.947. The number of anilines is 1. The lowest BCUT2D eigenvalue weighted by Crippen LogP contribution is -2.32. The van der Waals surface area contributed by atoms with Gasteiger partial charge in [0.2, 0.25) is 0 Å². The second kappa shape index (κ2) is 4.80. The van der Waals surface area contributed by atoms with Crippen LogP contribution in [0.1, 0.15) is 10.4 Å². The zero-order chi connectivity index (χ0) is 14.1. The summed E-state index contributed by atoms with van der Waals surface area (Å²) in [5, 5.41) is 4.08. The minimum Gasteiger partial charge on any atom is -0.497 e. The fraction of sp³-hybridized carbons (Fsp3) is 0.214. The van der Waals surface area contributed by atoms with Crippen molar-refractivity contribution >= 4 is 17.4 Å². The van der Waals surface area contributed by atoms with E-state index in [4.69, 9.17) is 4.74 Å².